The van der Waals surface area contributed by atoms with Crippen molar-refractivity contribution < 1.29 is 18.7 Å². The van der Waals surface area contributed by atoms with E-state index in [1.54, 1.807) is 56.4 Å². The van der Waals surface area contributed by atoms with Crippen molar-refractivity contribution in [2.24, 2.45) is 5.92 Å². The van der Waals surface area contributed by atoms with Gasteiger partial charge in [0.2, 0.25) is 11.9 Å². The lowest BCUT2D eigenvalue weighted by molar-refractivity contribution is -0.118. The number of amides is 1. The molecule has 1 aliphatic heterocycles. The van der Waals surface area contributed by atoms with Gasteiger partial charge in [0.25, 0.3) is 0 Å². The molecule has 4 rings (SSSR count). The quantitative estimate of drug-likeness (QED) is 0.375. The number of hydrogen-bond donors (Lipinski definition) is 2. The van der Waals surface area contributed by atoms with Crippen molar-refractivity contribution in [3.8, 4) is 23.1 Å². The van der Waals surface area contributed by atoms with Crippen LogP contribution in [0.5, 0.6) is 5.75 Å². The first-order valence-corrected chi connectivity index (χ1v) is 12.6. The fourth-order valence-electron chi connectivity index (χ4n) is 3.88. The van der Waals surface area contributed by atoms with E-state index in [0.29, 0.717) is 40.8 Å². The number of carbonyl (C=O) groups excluding carboxylic acids is 1. The summed E-state index contributed by atoms with van der Waals surface area (Å²) in [6, 6.07) is 13.5. The van der Waals surface area contributed by atoms with Gasteiger partial charge in [0.05, 0.1) is 36.8 Å². The SMILES string of the molecule is CC(C)C(=O)Nc1ccc(-c2ccnc(Nc3ccc(F)c(OCCCN4CCOCC4)c3)n2)cc1C#N. The van der Waals surface area contributed by atoms with Crippen molar-refractivity contribution in [2.75, 3.05) is 50.1 Å². The van der Waals surface area contributed by atoms with Crippen LogP contribution < -0.4 is 15.4 Å². The number of nitriles is 1. The molecule has 1 saturated heterocycles. The lowest BCUT2D eigenvalue weighted by Gasteiger charge is -2.26. The highest BCUT2D eigenvalue weighted by Gasteiger charge is 2.13. The summed E-state index contributed by atoms with van der Waals surface area (Å²) in [6.45, 7) is 8.15. The van der Waals surface area contributed by atoms with Gasteiger partial charge in [0, 0.05) is 49.1 Å². The Kier molecular flexibility index (Phi) is 9.19. The smallest absolute Gasteiger partial charge is 0.227 e. The average Bonchev–Trinajstić information content (AvgIpc) is 2.93. The van der Waals surface area contributed by atoms with Gasteiger partial charge in [-0.25, -0.2) is 14.4 Å². The van der Waals surface area contributed by atoms with E-state index < -0.39 is 5.82 Å². The van der Waals surface area contributed by atoms with Crippen LogP contribution in [0.1, 0.15) is 25.8 Å². The summed E-state index contributed by atoms with van der Waals surface area (Å²) < 4.78 is 25.4. The normalized spacial score (nSPS) is 13.7. The summed E-state index contributed by atoms with van der Waals surface area (Å²) in [6.07, 6.45) is 2.38. The van der Waals surface area contributed by atoms with Gasteiger partial charge in [-0.15, -0.1) is 0 Å². The summed E-state index contributed by atoms with van der Waals surface area (Å²) >= 11 is 0. The van der Waals surface area contributed by atoms with E-state index in [0.717, 1.165) is 39.3 Å². The molecule has 38 heavy (non-hydrogen) atoms. The molecular formula is C28H31FN6O3. The van der Waals surface area contributed by atoms with Gasteiger partial charge in [0.15, 0.2) is 11.6 Å². The second kappa shape index (κ2) is 12.9. The predicted molar refractivity (Wildman–Crippen MR) is 143 cm³/mol. The molecule has 198 valence electrons. The van der Waals surface area contributed by atoms with Crippen LogP contribution >= 0.6 is 0 Å². The minimum atomic E-state index is -0.440. The highest BCUT2D eigenvalue weighted by atomic mass is 19.1. The number of nitrogens with one attached hydrogen (secondary N) is 2. The first-order valence-electron chi connectivity index (χ1n) is 12.6. The van der Waals surface area contributed by atoms with Crippen molar-refractivity contribution in [1.82, 2.24) is 14.9 Å². The maximum absolute atomic E-state index is 14.3. The number of aromatic nitrogens is 2. The van der Waals surface area contributed by atoms with Crippen molar-refractivity contribution in [3.05, 3.63) is 60.0 Å². The predicted octanol–water partition coefficient (Wildman–Crippen LogP) is 4.59. The highest BCUT2D eigenvalue weighted by molar-refractivity contribution is 5.93. The molecule has 0 atom stereocenters. The van der Waals surface area contributed by atoms with Gasteiger partial charge in [-0.2, -0.15) is 5.26 Å². The number of hydrogen-bond acceptors (Lipinski definition) is 8. The molecule has 2 N–H and O–H groups in total. The number of anilines is 3. The summed E-state index contributed by atoms with van der Waals surface area (Å²) in [4.78, 5) is 23.2. The van der Waals surface area contributed by atoms with Crippen LogP contribution in [0.2, 0.25) is 0 Å². The number of rotatable bonds is 10. The van der Waals surface area contributed by atoms with Gasteiger partial charge >= 0.3 is 0 Å². The standard InChI is InChI=1S/C28H31FN6O3/c1-19(2)27(36)33-24-7-4-20(16-21(24)18-30)25-8-9-31-28(34-25)32-22-5-6-23(29)26(17-22)38-13-3-10-35-11-14-37-15-12-35/h4-9,16-17,19H,3,10-15H2,1-2H3,(H,33,36)(H,31,32,34). The molecular weight excluding hydrogens is 487 g/mol. The zero-order chi connectivity index (χ0) is 26.9. The Morgan fingerprint density at radius 2 is 2.03 bits per heavy atom. The van der Waals surface area contributed by atoms with Crippen molar-refractivity contribution in [1.29, 1.82) is 5.26 Å². The summed E-state index contributed by atoms with van der Waals surface area (Å²) in [5, 5.41) is 15.4. The van der Waals surface area contributed by atoms with E-state index in [1.807, 2.05) is 0 Å². The van der Waals surface area contributed by atoms with Crippen LogP contribution in [0.15, 0.2) is 48.7 Å². The Hall–Kier alpha value is -4.07. The number of halogens is 1. The Bertz CT molecular complexity index is 1300. The van der Waals surface area contributed by atoms with Crippen LogP contribution in [0.4, 0.5) is 21.7 Å². The molecule has 0 radical (unpaired) electrons. The second-order valence-electron chi connectivity index (χ2n) is 9.21. The Morgan fingerprint density at radius 1 is 1.21 bits per heavy atom. The van der Waals surface area contributed by atoms with Gasteiger partial charge in [-0.1, -0.05) is 19.9 Å². The van der Waals surface area contributed by atoms with Crippen LogP contribution in [-0.2, 0) is 9.53 Å². The number of benzene rings is 2. The molecule has 0 unspecified atom stereocenters. The van der Waals surface area contributed by atoms with Crippen LogP contribution in [0.3, 0.4) is 0 Å². The zero-order valence-electron chi connectivity index (χ0n) is 21.5. The van der Waals surface area contributed by atoms with Gasteiger partial charge in [-0.3, -0.25) is 9.69 Å². The minimum Gasteiger partial charge on any atom is -0.490 e. The first-order chi connectivity index (χ1) is 18.4. The second-order valence-corrected chi connectivity index (χ2v) is 9.21. The highest BCUT2D eigenvalue weighted by Crippen LogP contribution is 2.27. The van der Waals surface area contributed by atoms with E-state index in [1.165, 1.54) is 6.07 Å². The average molecular weight is 519 g/mol. The molecule has 0 aliphatic carbocycles. The molecule has 0 bridgehead atoms. The third-order valence-electron chi connectivity index (χ3n) is 6.04. The number of ether oxygens (including phenoxy) is 2. The van der Waals surface area contributed by atoms with Gasteiger partial charge in [0.1, 0.15) is 6.07 Å². The Labute approximate surface area is 221 Å². The Balaban J connectivity index is 1.41. The Morgan fingerprint density at radius 3 is 2.79 bits per heavy atom. The van der Waals surface area contributed by atoms with Gasteiger partial charge < -0.3 is 20.1 Å². The topological polar surface area (TPSA) is 112 Å². The molecule has 2 aromatic carbocycles. The fraction of sp³-hybridized carbons (Fsp3) is 0.357. The third-order valence-corrected chi connectivity index (χ3v) is 6.04. The number of carbonyl (C=O) groups is 1. The van der Waals surface area contributed by atoms with Crippen molar-refractivity contribution >= 4 is 23.2 Å². The van der Waals surface area contributed by atoms with Crippen LogP contribution in [-0.4, -0.2) is 60.2 Å². The van der Waals surface area contributed by atoms with E-state index in [-0.39, 0.29) is 17.6 Å². The third kappa shape index (κ3) is 7.25. The van der Waals surface area contributed by atoms with E-state index in [4.69, 9.17) is 9.47 Å². The van der Waals surface area contributed by atoms with E-state index >= 15 is 0 Å². The molecule has 9 nitrogen and oxygen atoms in total. The number of morpholine rings is 1. The lowest BCUT2D eigenvalue weighted by atomic mass is 10.1. The van der Waals surface area contributed by atoms with Crippen LogP contribution in [0, 0.1) is 23.1 Å². The molecule has 0 spiro atoms. The fourth-order valence-corrected chi connectivity index (χ4v) is 3.88. The molecule has 0 saturated carbocycles. The first kappa shape index (κ1) is 27.0. The lowest BCUT2D eigenvalue weighted by Crippen LogP contribution is -2.37. The molecule has 1 amide bonds. The molecule has 3 aromatic rings. The summed E-state index contributed by atoms with van der Waals surface area (Å²) in [5.74, 6) is -0.342. The maximum atomic E-state index is 14.3. The largest absolute Gasteiger partial charge is 0.490 e. The van der Waals surface area contributed by atoms with Crippen molar-refractivity contribution in [2.45, 2.75) is 20.3 Å². The minimum absolute atomic E-state index is 0.158. The summed E-state index contributed by atoms with van der Waals surface area (Å²) in [5.41, 5.74) is 2.64. The zero-order valence-corrected chi connectivity index (χ0v) is 21.5. The number of nitrogens with zero attached hydrogens (tertiary/aromatic N) is 4. The summed E-state index contributed by atoms with van der Waals surface area (Å²) in [7, 11) is 0. The van der Waals surface area contributed by atoms with Gasteiger partial charge in [-0.05, 0) is 36.8 Å². The molecule has 1 fully saturated rings. The molecule has 1 aliphatic rings. The van der Waals surface area contributed by atoms with Crippen molar-refractivity contribution in [3.63, 3.8) is 0 Å². The van der Waals surface area contributed by atoms with Crippen LogP contribution in [0.25, 0.3) is 11.3 Å². The van der Waals surface area contributed by atoms with E-state index in [2.05, 4.69) is 31.6 Å². The molecule has 10 heteroatoms. The molecule has 2 heterocycles. The monoisotopic (exact) mass is 518 g/mol. The van der Waals surface area contributed by atoms with E-state index in [9.17, 15) is 14.4 Å². The maximum Gasteiger partial charge on any atom is 0.227 e. The molecule has 1 aromatic heterocycles.